The lowest BCUT2D eigenvalue weighted by molar-refractivity contribution is -0.119. The van der Waals surface area contributed by atoms with Gasteiger partial charge in [0.15, 0.2) is 10.8 Å². The highest BCUT2D eigenvalue weighted by atomic mass is 35.5. The van der Waals surface area contributed by atoms with Crippen molar-refractivity contribution in [2.45, 2.75) is 43.8 Å². The zero-order valence-electron chi connectivity index (χ0n) is 15.4. The van der Waals surface area contributed by atoms with E-state index in [1.807, 2.05) is 6.92 Å². The second-order valence-corrected chi connectivity index (χ2v) is 8.78. The predicted molar refractivity (Wildman–Crippen MR) is 113 cm³/mol. The zero-order chi connectivity index (χ0) is 19.7. The Morgan fingerprint density at radius 1 is 1.21 bits per heavy atom. The summed E-state index contributed by atoms with van der Waals surface area (Å²) in [6, 6.07) is 8.14. The number of pyridine rings is 1. The lowest BCUT2D eigenvalue weighted by atomic mass is 9.89. The van der Waals surface area contributed by atoms with Crippen molar-refractivity contribution in [1.29, 1.82) is 0 Å². The van der Waals surface area contributed by atoms with Crippen LogP contribution in [0.25, 0.3) is 5.65 Å². The van der Waals surface area contributed by atoms with Crippen molar-refractivity contribution in [1.82, 2.24) is 19.9 Å². The molecule has 1 aliphatic carbocycles. The molecule has 1 unspecified atom stereocenters. The van der Waals surface area contributed by atoms with E-state index in [2.05, 4.69) is 33.7 Å². The van der Waals surface area contributed by atoms with Crippen LogP contribution >= 0.6 is 35.0 Å². The summed E-state index contributed by atoms with van der Waals surface area (Å²) < 4.78 is 1.70. The zero-order valence-corrected chi connectivity index (χ0v) is 17.7. The number of aryl methyl sites for hydroxylation is 2. The molecular weight excluding hydrogens is 415 g/mol. The number of rotatable bonds is 5. The number of nitrogens with zero attached hydrogens (tertiary/aromatic N) is 3. The number of thioether (sulfide) groups is 1. The van der Waals surface area contributed by atoms with Gasteiger partial charge in [-0.3, -0.25) is 9.20 Å². The van der Waals surface area contributed by atoms with Crippen LogP contribution in [0, 0.1) is 0 Å². The Morgan fingerprint density at radius 3 is 2.82 bits per heavy atom. The van der Waals surface area contributed by atoms with Gasteiger partial charge in [0.1, 0.15) is 0 Å². The molecule has 4 rings (SSSR count). The van der Waals surface area contributed by atoms with Crippen LogP contribution in [-0.2, 0) is 17.6 Å². The van der Waals surface area contributed by atoms with Crippen molar-refractivity contribution in [3.8, 4) is 0 Å². The van der Waals surface area contributed by atoms with E-state index in [0.717, 1.165) is 18.4 Å². The lowest BCUT2D eigenvalue weighted by Gasteiger charge is -2.20. The number of carbonyl (C=O) groups is 1. The average Bonchev–Trinajstić information content (AvgIpc) is 3.09. The van der Waals surface area contributed by atoms with E-state index in [9.17, 15) is 4.79 Å². The second kappa shape index (κ2) is 8.31. The van der Waals surface area contributed by atoms with Crippen molar-refractivity contribution in [3.63, 3.8) is 0 Å². The first-order valence-corrected chi connectivity index (χ1v) is 11.0. The molecule has 5 nitrogen and oxygen atoms in total. The van der Waals surface area contributed by atoms with Crippen molar-refractivity contribution in [2.24, 2.45) is 0 Å². The molecule has 1 atom stereocenters. The summed E-state index contributed by atoms with van der Waals surface area (Å²) >= 11 is 13.5. The molecule has 1 N–H and O–H groups in total. The van der Waals surface area contributed by atoms with Crippen LogP contribution in [0.1, 0.15) is 42.5 Å². The molecule has 0 fully saturated rings. The van der Waals surface area contributed by atoms with Gasteiger partial charge in [0.2, 0.25) is 5.91 Å². The number of nitrogens with one attached hydrogen (secondary N) is 1. The van der Waals surface area contributed by atoms with Crippen LogP contribution in [0.3, 0.4) is 0 Å². The van der Waals surface area contributed by atoms with Gasteiger partial charge in [0, 0.05) is 6.20 Å². The highest BCUT2D eigenvalue weighted by Gasteiger charge is 2.16. The van der Waals surface area contributed by atoms with E-state index in [1.54, 1.807) is 16.7 Å². The van der Waals surface area contributed by atoms with E-state index in [0.29, 0.717) is 20.8 Å². The molecule has 0 bridgehead atoms. The largest absolute Gasteiger partial charge is 0.349 e. The normalized spacial score (nSPS) is 14.7. The Morgan fingerprint density at radius 2 is 2.00 bits per heavy atom. The summed E-state index contributed by atoms with van der Waals surface area (Å²) in [7, 11) is 0. The van der Waals surface area contributed by atoms with Gasteiger partial charge in [-0.05, 0) is 55.4 Å². The first-order valence-electron chi connectivity index (χ1n) is 9.25. The maximum Gasteiger partial charge on any atom is 0.230 e. The van der Waals surface area contributed by atoms with Gasteiger partial charge >= 0.3 is 0 Å². The Kier molecular flexibility index (Phi) is 5.80. The molecular formula is C20H20Cl2N4OS. The fourth-order valence-electron chi connectivity index (χ4n) is 3.52. The van der Waals surface area contributed by atoms with Gasteiger partial charge in [0.25, 0.3) is 0 Å². The third-order valence-corrected chi connectivity index (χ3v) is 6.41. The number of hydrogen-bond acceptors (Lipinski definition) is 4. The van der Waals surface area contributed by atoms with Crippen LogP contribution in [0.5, 0.6) is 0 Å². The minimum Gasteiger partial charge on any atom is -0.349 e. The summed E-state index contributed by atoms with van der Waals surface area (Å²) in [5.74, 6) is 0.181. The number of hydrogen-bond donors (Lipinski definition) is 1. The summed E-state index contributed by atoms with van der Waals surface area (Å²) in [6.45, 7) is 2.01. The van der Waals surface area contributed by atoms with Gasteiger partial charge in [-0.15, -0.1) is 10.2 Å². The van der Waals surface area contributed by atoms with Crippen LogP contribution < -0.4 is 5.32 Å². The third kappa shape index (κ3) is 4.14. The van der Waals surface area contributed by atoms with E-state index < -0.39 is 0 Å². The number of amides is 1. The highest BCUT2D eigenvalue weighted by molar-refractivity contribution is 7.99. The van der Waals surface area contributed by atoms with Crippen molar-refractivity contribution in [3.05, 3.63) is 57.2 Å². The molecule has 2 aromatic heterocycles. The molecule has 0 saturated heterocycles. The minimum absolute atomic E-state index is 0.0423. The van der Waals surface area contributed by atoms with Crippen LogP contribution in [-0.4, -0.2) is 26.3 Å². The summed E-state index contributed by atoms with van der Waals surface area (Å²) in [5, 5.41) is 12.7. The lowest BCUT2D eigenvalue weighted by Crippen LogP contribution is -2.28. The van der Waals surface area contributed by atoms with Crippen molar-refractivity contribution in [2.75, 3.05) is 5.75 Å². The molecule has 1 aliphatic rings. The molecule has 0 radical (unpaired) electrons. The molecule has 0 aliphatic heterocycles. The Labute approximate surface area is 177 Å². The number of halogens is 2. The quantitative estimate of drug-likeness (QED) is 0.580. The summed E-state index contributed by atoms with van der Waals surface area (Å²) in [6.07, 6.45) is 6.49. The SMILES string of the molecule is CC(NC(=O)CSc1nnc2c(Cl)cc(Cl)cn12)c1ccc2c(c1)CCCC2. The summed E-state index contributed by atoms with van der Waals surface area (Å²) in [4.78, 5) is 12.4. The maximum absolute atomic E-state index is 12.4. The average molecular weight is 435 g/mol. The predicted octanol–water partition coefficient (Wildman–Crippen LogP) is 4.88. The number of carbonyl (C=O) groups excluding carboxylic acids is 1. The van der Waals surface area contributed by atoms with Gasteiger partial charge in [-0.25, -0.2) is 0 Å². The third-order valence-electron chi connectivity index (χ3n) is 4.98. The highest BCUT2D eigenvalue weighted by Crippen LogP contribution is 2.26. The Bertz CT molecular complexity index is 1040. The number of fused-ring (bicyclic) bond motifs is 2. The number of aromatic nitrogens is 3. The van der Waals surface area contributed by atoms with E-state index in [1.165, 1.54) is 35.7 Å². The Balaban J connectivity index is 1.39. The fraction of sp³-hybridized carbons (Fsp3) is 0.350. The topological polar surface area (TPSA) is 59.3 Å². The molecule has 1 aromatic carbocycles. The fourth-order valence-corrected chi connectivity index (χ4v) is 4.75. The number of benzene rings is 1. The maximum atomic E-state index is 12.4. The van der Waals surface area contributed by atoms with E-state index in [4.69, 9.17) is 23.2 Å². The van der Waals surface area contributed by atoms with E-state index >= 15 is 0 Å². The van der Waals surface area contributed by atoms with Crippen molar-refractivity contribution < 1.29 is 4.79 Å². The first-order chi connectivity index (χ1) is 13.5. The van der Waals surface area contributed by atoms with Gasteiger partial charge < -0.3 is 5.32 Å². The Hall–Kier alpha value is -1.76. The second-order valence-electron chi connectivity index (χ2n) is 7.00. The summed E-state index contributed by atoms with van der Waals surface area (Å²) in [5.41, 5.74) is 4.53. The van der Waals surface area contributed by atoms with Crippen molar-refractivity contribution >= 4 is 46.5 Å². The molecule has 2 heterocycles. The van der Waals surface area contributed by atoms with Gasteiger partial charge in [-0.1, -0.05) is 53.2 Å². The van der Waals surface area contributed by atoms with Gasteiger partial charge in [-0.2, -0.15) is 0 Å². The molecule has 0 saturated carbocycles. The minimum atomic E-state index is -0.0555. The van der Waals surface area contributed by atoms with Crippen LogP contribution in [0.4, 0.5) is 0 Å². The molecule has 0 spiro atoms. The standard InChI is InChI=1S/C20H20Cl2N4OS/c1-12(14-7-6-13-4-2-3-5-15(13)8-14)23-18(27)11-28-20-25-24-19-17(22)9-16(21)10-26(19)20/h6-10,12H,2-5,11H2,1H3,(H,23,27). The molecule has 146 valence electrons. The first kappa shape index (κ1) is 19.6. The molecule has 8 heteroatoms. The van der Waals surface area contributed by atoms with E-state index in [-0.39, 0.29) is 17.7 Å². The molecule has 1 amide bonds. The smallest absolute Gasteiger partial charge is 0.230 e. The van der Waals surface area contributed by atoms with Gasteiger partial charge in [0.05, 0.1) is 21.8 Å². The molecule has 3 aromatic rings. The molecule has 28 heavy (non-hydrogen) atoms. The van der Waals surface area contributed by atoms with Crippen LogP contribution in [0.15, 0.2) is 35.6 Å². The van der Waals surface area contributed by atoms with Crippen LogP contribution in [0.2, 0.25) is 10.0 Å². The monoisotopic (exact) mass is 434 g/mol.